The summed E-state index contributed by atoms with van der Waals surface area (Å²) < 4.78 is 5.22. The van der Waals surface area contributed by atoms with Gasteiger partial charge in [0.2, 0.25) is 11.8 Å². The van der Waals surface area contributed by atoms with E-state index in [9.17, 15) is 19.5 Å². The number of aliphatic hydroxyl groups excluding tert-OH is 1. The molecule has 1 saturated carbocycles. The minimum atomic E-state index is -1.04. The molecular formula is C21H32N2O5. The van der Waals surface area contributed by atoms with Crippen LogP contribution >= 0.6 is 0 Å². The average Bonchev–Trinajstić information content (AvgIpc) is 3.21. The van der Waals surface area contributed by atoms with Gasteiger partial charge in [0.05, 0.1) is 12.7 Å². The van der Waals surface area contributed by atoms with Gasteiger partial charge in [-0.1, -0.05) is 31.9 Å². The summed E-state index contributed by atoms with van der Waals surface area (Å²) in [6.07, 6.45) is 8.81. The van der Waals surface area contributed by atoms with Crippen LogP contribution in [0.15, 0.2) is 12.2 Å². The summed E-state index contributed by atoms with van der Waals surface area (Å²) in [6, 6.07) is -0.744. The van der Waals surface area contributed by atoms with E-state index in [4.69, 9.17) is 4.74 Å². The van der Waals surface area contributed by atoms with Crippen molar-refractivity contribution in [1.82, 2.24) is 10.2 Å². The van der Waals surface area contributed by atoms with Gasteiger partial charge in [-0.3, -0.25) is 9.59 Å². The fourth-order valence-electron chi connectivity index (χ4n) is 4.38. The second-order valence-corrected chi connectivity index (χ2v) is 8.35. The third-order valence-corrected chi connectivity index (χ3v) is 6.16. The summed E-state index contributed by atoms with van der Waals surface area (Å²) in [5.41, 5.74) is -1.04. The monoisotopic (exact) mass is 392 g/mol. The van der Waals surface area contributed by atoms with Crippen molar-refractivity contribution < 1.29 is 24.2 Å². The number of fused-ring (bicyclic) bond motifs is 2. The highest BCUT2D eigenvalue weighted by molar-refractivity contribution is 5.95. The van der Waals surface area contributed by atoms with Crippen LogP contribution in [-0.2, 0) is 19.1 Å². The SMILES string of the molecule is CCOC(=O)[C@@]12C[C@@H]1/C=C\CCCCC[C@H](C)C(=O)N1C[C@H](O)C[C@H]1C(=O)N2. The Labute approximate surface area is 166 Å². The lowest BCUT2D eigenvalue weighted by Crippen LogP contribution is -2.54. The predicted molar refractivity (Wildman–Crippen MR) is 103 cm³/mol. The van der Waals surface area contributed by atoms with Gasteiger partial charge in [-0.05, 0) is 32.6 Å². The Kier molecular flexibility index (Phi) is 6.43. The fourth-order valence-corrected chi connectivity index (χ4v) is 4.38. The molecule has 1 saturated heterocycles. The van der Waals surface area contributed by atoms with Crippen LogP contribution in [0.4, 0.5) is 0 Å². The Morgan fingerprint density at radius 2 is 2.14 bits per heavy atom. The quantitative estimate of drug-likeness (QED) is 0.549. The van der Waals surface area contributed by atoms with Gasteiger partial charge in [-0.2, -0.15) is 0 Å². The number of rotatable bonds is 2. The van der Waals surface area contributed by atoms with Crippen molar-refractivity contribution in [3.05, 3.63) is 12.2 Å². The van der Waals surface area contributed by atoms with Crippen LogP contribution in [0.2, 0.25) is 0 Å². The van der Waals surface area contributed by atoms with E-state index in [2.05, 4.69) is 11.4 Å². The molecule has 0 unspecified atom stereocenters. The van der Waals surface area contributed by atoms with E-state index in [1.807, 2.05) is 13.0 Å². The number of nitrogens with zero attached hydrogens (tertiary/aromatic N) is 1. The minimum absolute atomic E-state index is 0.0879. The average molecular weight is 392 g/mol. The molecule has 0 aromatic carbocycles. The molecule has 2 heterocycles. The number of aliphatic hydroxyl groups is 1. The smallest absolute Gasteiger partial charge is 0.332 e. The molecular weight excluding hydrogens is 360 g/mol. The van der Waals surface area contributed by atoms with E-state index in [1.165, 1.54) is 4.90 Å². The molecule has 1 aliphatic carbocycles. The van der Waals surface area contributed by atoms with Crippen molar-refractivity contribution in [3.63, 3.8) is 0 Å². The molecule has 0 spiro atoms. The van der Waals surface area contributed by atoms with Crippen molar-refractivity contribution in [2.75, 3.05) is 13.2 Å². The van der Waals surface area contributed by atoms with Gasteiger partial charge in [-0.25, -0.2) is 4.79 Å². The lowest BCUT2D eigenvalue weighted by molar-refractivity contribution is -0.150. The summed E-state index contributed by atoms with van der Waals surface area (Å²) in [5.74, 6) is -1.17. The molecule has 2 amide bonds. The van der Waals surface area contributed by atoms with Crippen LogP contribution in [0.1, 0.15) is 58.8 Å². The Morgan fingerprint density at radius 1 is 1.36 bits per heavy atom. The highest BCUT2D eigenvalue weighted by Gasteiger charge is 2.62. The lowest BCUT2D eigenvalue weighted by atomic mass is 10.0. The summed E-state index contributed by atoms with van der Waals surface area (Å²) in [4.78, 5) is 40.0. The normalized spacial score (nSPS) is 37.8. The standard InChI is InChI=1S/C21H32N2O5/c1-3-28-20(27)21-12-15(21)10-8-6-4-5-7-9-14(2)19(26)23-13-16(24)11-17(23)18(25)22-21/h8,10,14-17,24H,3-7,9,11-13H2,1-2H3,(H,22,25)/b10-8-/t14-,15-,16+,17-,21+/m0/s1. The van der Waals surface area contributed by atoms with Crippen molar-refractivity contribution in [2.45, 2.75) is 76.5 Å². The van der Waals surface area contributed by atoms with E-state index in [0.717, 1.165) is 32.1 Å². The molecule has 2 fully saturated rings. The van der Waals surface area contributed by atoms with Crippen LogP contribution < -0.4 is 5.32 Å². The molecule has 7 nitrogen and oxygen atoms in total. The first-order valence-corrected chi connectivity index (χ1v) is 10.5. The summed E-state index contributed by atoms with van der Waals surface area (Å²) in [7, 11) is 0. The van der Waals surface area contributed by atoms with Crippen molar-refractivity contribution >= 4 is 17.8 Å². The molecule has 0 aromatic rings. The van der Waals surface area contributed by atoms with Crippen LogP contribution in [0.3, 0.4) is 0 Å². The molecule has 3 rings (SSSR count). The maximum Gasteiger partial charge on any atom is 0.332 e. The van der Waals surface area contributed by atoms with Gasteiger partial charge in [0.1, 0.15) is 11.6 Å². The van der Waals surface area contributed by atoms with Crippen molar-refractivity contribution in [3.8, 4) is 0 Å². The van der Waals surface area contributed by atoms with E-state index < -0.39 is 23.7 Å². The van der Waals surface area contributed by atoms with Gasteiger partial charge >= 0.3 is 5.97 Å². The molecule has 28 heavy (non-hydrogen) atoms. The third-order valence-electron chi connectivity index (χ3n) is 6.16. The second-order valence-electron chi connectivity index (χ2n) is 8.35. The van der Waals surface area contributed by atoms with Gasteiger partial charge < -0.3 is 20.1 Å². The van der Waals surface area contributed by atoms with E-state index in [1.54, 1.807) is 6.92 Å². The Hall–Kier alpha value is -1.89. The third kappa shape index (κ3) is 4.24. The molecule has 0 bridgehead atoms. The summed E-state index contributed by atoms with van der Waals surface area (Å²) in [6.45, 7) is 4.04. The van der Waals surface area contributed by atoms with Gasteiger partial charge in [-0.15, -0.1) is 0 Å². The first-order valence-electron chi connectivity index (χ1n) is 10.5. The maximum absolute atomic E-state index is 13.0. The highest BCUT2D eigenvalue weighted by Crippen LogP contribution is 2.46. The summed E-state index contributed by atoms with van der Waals surface area (Å²) >= 11 is 0. The van der Waals surface area contributed by atoms with Gasteiger partial charge in [0, 0.05) is 24.8 Å². The van der Waals surface area contributed by atoms with Gasteiger partial charge in [0.15, 0.2) is 0 Å². The Balaban J connectivity index is 1.84. The van der Waals surface area contributed by atoms with Gasteiger partial charge in [0.25, 0.3) is 0 Å². The first kappa shape index (κ1) is 20.8. The molecule has 3 aliphatic rings. The van der Waals surface area contributed by atoms with Crippen LogP contribution in [0, 0.1) is 11.8 Å². The predicted octanol–water partition coefficient (Wildman–Crippen LogP) is 1.54. The number of nitrogens with one attached hydrogen (secondary N) is 1. The zero-order valence-corrected chi connectivity index (χ0v) is 16.9. The Morgan fingerprint density at radius 3 is 2.89 bits per heavy atom. The molecule has 2 N–H and O–H groups in total. The fraction of sp³-hybridized carbons (Fsp3) is 0.762. The largest absolute Gasteiger partial charge is 0.464 e. The van der Waals surface area contributed by atoms with Crippen LogP contribution in [-0.4, -0.2) is 58.6 Å². The number of allylic oxidation sites excluding steroid dienone is 1. The summed E-state index contributed by atoms with van der Waals surface area (Å²) in [5, 5.41) is 13.0. The number of hydrogen-bond acceptors (Lipinski definition) is 5. The zero-order chi connectivity index (χ0) is 20.3. The molecule has 7 heteroatoms. The number of esters is 1. The molecule has 2 aliphatic heterocycles. The number of ether oxygens (including phenoxy) is 1. The lowest BCUT2D eigenvalue weighted by Gasteiger charge is -2.28. The van der Waals surface area contributed by atoms with Crippen LogP contribution in [0.5, 0.6) is 0 Å². The van der Waals surface area contributed by atoms with Crippen molar-refractivity contribution in [1.29, 1.82) is 0 Å². The van der Waals surface area contributed by atoms with E-state index in [0.29, 0.717) is 6.42 Å². The number of carbonyl (C=O) groups is 3. The first-order chi connectivity index (χ1) is 13.4. The minimum Gasteiger partial charge on any atom is -0.464 e. The zero-order valence-electron chi connectivity index (χ0n) is 16.9. The van der Waals surface area contributed by atoms with E-state index in [-0.39, 0.29) is 43.2 Å². The number of carbonyl (C=O) groups excluding carboxylic acids is 3. The topological polar surface area (TPSA) is 95.9 Å². The molecule has 156 valence electrons. The maximum atomic E-state index is 13.0. The molecule has 0 radical (unpaired) electrons. The number of amides is 2. The Bertz CT molecular complexity index is 649. The number of hydrogen-bond donors (Lipinski definition) is 2. The van der Waals surface area contributed by atoms with Crippen molar-refractivity contribution in [2.24, 2.45) is 11.8 Å². The molecule has 0 aromatic heterocycles. The highest BCUT2D eigenvalue weighted by atomic mass is 16.5. The van der Waals surface area contributed by atoms with E-state index >= 15 is 0 Å². The second kappa shape index (κ2) is 8.64. The molecule has 5 atom stereocenters. The van der Waals surface area contributed by atoms with Crippen LogP contribution in [0.25, 0.3) is 0 Å².